The molecule has 2 heterocycles. The van der Waals surface area contributed by atoms with Crippen LogP contribution in [0, 0.1) is 5.41 Å². The summed E-state index contributed by atoms with van der Waals surface area (Å²) in [4.78, 5) is 17.9. The van der Waals surface area contributed by atoms with E-state index in [0.717, 1.165) is 43.9 Å². The van der Waals surface area contributed by atoms with Gasteiger partial charge in [0.25, 0.3) is 0 Å². The van der Waals surface area contributed by atoms with Crippen molar-refractivity contribution in [1.82, 2.24) is 4.98 Å². The predicted octanol–water partition coefficient (Wildman–Crippen LogP) is 2.97. The maximum absolute atomic E-state index is 11.2. The summed E-state index contributed by atoms with van der Waals surface area (Å²) in [6.45, 7) is 8.46. The van der Waals surface area contributed by atoms with Gasteiger partial charge >= 0.3 is 5.97 Å². The van der Waals surface area contributed by atoms with Crippen LogP contribution in [0.25, 0.3) is 0 Å². The number of aromatic nitrogens is 1. The standard InChI is InChI=1S/C15H22N2O2/c1-4-12-9-11(14(18)19)10-13(16-12)17-7-5-15(2,3)6-8-17/h9-10H,4-8H2,1-3H3,(H,18,19). The SMILES string of the molecule is CCc1cc(C(=O)O)cc(N2CCC(C)(C)CC2)n1. The largest absolute Gasteiger partial charge is 0.478 e. The van der Waals surface area contributed by atoms with Crippen molar-refractivity contribution in [2.24, 2.45) is 5.41 Å². The van der Waals surface area contributed by atoms with E-state index >= 15 is 0 Å². The monoisotopic (exact) mass is 262 g/mol. The summed E-state index contributed by atoms with van der Waals surface area (Å²) in [6, 6.07) is 3.36. The summed E-state index contributed by atoms with van der Waals surface area (Å²) in [5.74, 6) is -0.0667. The number of rotatable bonds is 3. The number of piperidine rings is 1. The minimum Gasteiger partial charge on any atom is -0.478 e. The molecule has 1 aromatic heterocycles. The van der Waals surface area contributed by atoms with Crippen molar-refractivity contribution in [2.45, 2.75) is 40.0 Å². The summed E-state index contributed by atoms with van der Waals surface area (Å²) >= 11 is 0. The highest BCUT2D eigenvalue weighted by atomic mass is 16.4. The van der Waals surface area contributed by atoms with Gasteiger partial charge in [-0.15, -0.1) is 0 Å². The van der Waals surface area contributed by atoms with Crippen molar-refractivity contribution in [3.63, 3.8) is 0 Å². The number of nitrogens with zero attached hydrogens (tertiary/aromatic N) is 2. The third-order valence-corrected chi connectivity index (χ3v) is 3.92. The normalized spacial score (nSPS) is 18.4. The third-order valence-electron chi connectivity index (χ3n) is 3.92. The molecule has 4 nitrogen and oxygen atoms in total. The molecule has 0 aromatic carbocycles. The van der Waals surface area contributed by atoms with Crippen LogP contribution in [0.15, 0.2) is 12.1 Å². The van der Waals surface area contributed by atoms with E-state index in [1.807, 2.05) is 6.92 Å². The van der Waals surface area contributed by atoms with E-state index < -0.39 is 5.97 Å². The molecule has 4 heteroatoms. The van der Waals surface area contributed by atoms with Crippen molar-refractivity contribution in [1.29, 1.82) is 0 Å². The summed E-state index contributed by atoms with van der Waals surface area (Å²) < 4.78 is 0. The molecule has 1 aliphatic rings. The predicted molar refractivity (Wildman–Crippen MR) is 75.8 cm³/mol. The maximum atomic E-state index is 11.2. The first kappa shape index (κ1) is 13.8. The maximum Gasteiger partial charge on any atom is 0.335 e. The Kier molecular flexibility index (Phi) is 3.78. The molecule has 2 rings (SSSR count). The lowest BCUT2D eigenvalue weighted by Crippen LogP contribution is -2.38. The van der Waals surface area contributed by atoms with E-state index in [1.165, 1.54) is 0 Å². The Hall–Kier alpha value is -1.58. The van der Waals surface area contributed by atoms with Gasteiger partial charge in [0.05, 0.1) is 5.56 Å². The van der Waals surface area contributed by atoms with E-state index in [2.05, 4.69) is 23.7 Å². The molecule has 0 bridgehead atoms. The molecule has 0 spiro atoms. The van der Waals surface area contributed by atoms with Crippen LogP contribution in [0.3, 0.4) is 0 Å². The molecule has 0 radical (unpaired) electrons. The third kappa shape index (κ3) is 3.25. The zero-order valence-corrected chi connectivity index (χ0v) is 11.9. The summed E-state index contributed by atoms with van der Waals surface area (Å²) in [5, 5.41) is 9.16. The van der Waals surface area contributed by atoms with E-state index in [-0.39, 0.29) is 0 Å². The molecule has 0 unspecified atom stereocenters. The lowest BCUT2D eigenvalue weighted by molar-refractivity contribution is 0.0696. The molecule has 1 aromatic rings. The van der Waals surface area contributed by atoms with Gasteiger partial charge in [0.15, 0.2) is 0 Å². The zero-order valence-electron chi connectivity index (χ0n) is 11.9. The topological polar surface area (TPSA) is 53.4 Å². The molecule has 0 amide bonds. The molecule has 19 heavy (non-hydrogen) atoms. The number of carboxylic acids is 1. The van der Waals surface area contributed by atoms with E-state index in [1.54, 1.807) is 12.1 Å². The van der Waals surface area contributed by atoms with Crippen LogP contribution in [0.5, 0.6) is 0 Å². The second-order valence-corrected chi connectivity index (χ2v) is 6.02. The number of carboxylic acid groups (broad SMARTS) is 1. The molecular formula is C15H22N2O2. The first-order valence-electron chi connectivity index (χ1n) is 6.90. The fourth-order valence-electron chi connectivity index (χ4n) is 2.38. The Balaban J connectivity index is 2.24. The molecule has 0 aliphatic carbocycles. The van der Waals surface area contributed by atoms with Gasteiger partial charge in [0.1, 0.15) is 5.82 Å². The molecule has 1 N–H and O–H groups in total. The quantitative estimate of drug-likeness (QED) is 0.910. The lowest BCUT2D eigenvalue weighted by atomic mass is 9.83. The van der Waals surface area contributed by atoms with Crippen molar-refractivity contribution in [2.75, 3.05) is 18.0 Å². The van der Waals surface area contributed by atoms with Gasteiger partial charge in [-0.05, 0) is 36.8 Å². The molecule has 1 saturated heterocycles. The van der Waals surface area contributed by atoms with E-state index in [0.29, 0.717) is 11.0 Å². The molecule has 0 atom stereocenters. The molecular weight excluding hydrogens is 240 g/mol. The van der Waals surface area contributed by atoms with Crippen LogP contribution in [-0.2, 0) is 6.42 Å². The Bertz CT molecular complexity index is 473. The Labute approximate surface area is 114 Å². The smallest absolute Gasteiger partial charge is 0.335 e. The summed E-state index contributed by atoms with van der Waals surface area (Å²) in [6.07, 6.45) is 2.99. The number of aromatic carboxylic acids is 1. The number of aryl methyl sites for hydroxylation is 1. The van der Waals surface area contributed by atoms with Crippen LogP contribution in [0.4, 0.5) is 5.82 Å². The fraction of sp³-hybridized carbons (Fsp3) is 0.600. The van der Waals surface area contributed by atoms with Crippen molar-refractivity contribution in [3.05, 3.63) is 23.4 Å². The number of hydrogen-bond donors (Lipinski definition) is 1. The molecule has 104 valence electrons. The van der Waals surface area contributed by atoms with Crippen molar-refractivity contribution in [3.8, 4) is 0 Å². The van der Waals surface area contributed by atoms with Crippen molar-refractivity contribution < 1.29 is 9.90 Å². The van der Waals surface area contributed by atoms with Crippen LogP contribution in [0.1, 0.15) is 49.7 Å². The highest BCUT2D eigenvalue weighted by molar-refractivity contribution is 5.88. The Morgan fingerprint density at radius 3 is 2.53 bits per heavy atom. The van der Waals surface area contributed by atoms with Crippen LogP contribution < -0.4 is 4.90 Å². The second kappa shape index (κ2) is 5.19. The van der Waals surface area contributed by atoms with Crippen LogP contribution >= 0.6 is 0 Å². The number of hydrogen-bond acceptors (Lipinski definition) is 3. The second-order valence-electron chi connectivity index (χ2n) is 6.02. The fourth-order valence-corrected chi connectivity index (χ4v) is 2.38. The van der Waals surface area contributed by atoms with Crippen LogP contribution in [-0.4, -0.2) is 29.1 Å². The number of pyridine rings is 1. The minimum atomic E-state index is -0.879. The average Bonchev–Trinajstić information content (AvgIpc) is 2.38. The molecule has 0 saturated carbocycles. The highest BCUT2D eigenvalue weighted by Gasteiger charge is 2.26. The van der Waals surface area contributed by atoms with E-state index in [4.69, 9.17) is 5.11 Å². The van der Waals surface area contributed by atoms with Gasteiger partial charge < -0.3 is 10.0 Å². The van der Waals surface area contributed by atoms with Gasteiger partial charge in [-0.25, -0.2) is 9.78 Å². The number of anilines is 1. The van der Waals surface area contributed by atoms with Gasteiger partial charge in [-0.2, -0.15) is 0 Å². The average molecular weight is 262 g/mol. The first-order valence-corrected chi connectivity index (χ1v) is 6.90. The summed E-state index contributed by atoms with van der Waals surface area (Å²) in [7, 11) is 0. The van der Waals surface area contributed by atoms with Crippen LogP contribution in [0.2, 0.25) is 0 Å². The van der Waals surface area contributed by atoms with Gasteiger partial charge in [-0.1, -0.05) is 20.8 Å². The Morgan fingerprint density at radius 1 is 1.37 bits per heavy atom. The zero-order chi connectivity index (χ0) is 14.0. The van der Waals surface area contributed by atoms with E-state index in [9.17, 15) is 4.79 Å². The minimum absolute atomic E-state index is 0.340. The van der Waals surface area contributed by atoms with Gasteiger partial charge in [0, 0.05) is 18.8 Å². The highest BCUT2D eigenvalue weighted by Crippen LogP contribution is 2.31. The van der Waals surface area contributed by atoms with Gasteiger partial charge in [0.2, 0.25) is 0 Å². The summed E-state index contributed by atoms with van der Waals surface area (Å²) in [5.41, 5.74) is 1.57. The molecule has 1 fully saturated rings. The first-order chi connectivity index (χ1) is 8.91. The van der Waals surface area contributed by atoms with Gasteiger partial charge in [-0.3, -0.25) is 0 Å². The Morgan fingerprint density at radius 2 is 2.00 bits per heavy atom. The lowest BCUT2D eigenvalue weighted by Gasteiger charge is -2.37. The molecule has 1 aliphatic heterocycles. The number of carbonyl (C=O) groups is 1. The van der Waals surface area contributed by atoms with Crippen molar-refractivity contribution >= 4 is 11.8 Å².